The minimum atomic E-state index is -4.37. The Kier molecular flexibility index (Phi) is 7.40. The zero-order chi connectivity index (χ0) is 18.3. The average Bonchev–Trinajstić information content (AvgIpc) is 2.61. The Morgan fingerprint density at radius 1 is 1.24 bits per heavy atom. The summed E-state index contributed by atoms with van der Waals surface area (Å²) >= 11 is 1.80. The second-order valence-electron chi connectivity index (χ2n) is 5.98. The second-order valence-corrected chi connectivity index (χ2v) is 7.21. The molecule has 0 aromatic carbocycles. The van der Waals surface area contributed by atoms with E-state index in [2.05, 4.69) is 11.9 Å². The number of carbonyl (C=O) groups excluding carboxylic acids is 1. The van der Waals surface area contributed by atoms with E-state index in [4.69, 9.17) is 0 Å². The second kappa shape index (κ2) is 9.31. The number of unbranched alkanes of at least 4 members (excludes halogenated alkanes) is 1. The van der Waals surface area contributed by atoms with Crippen molar-refractivity contribution < 1.29 is 18.0 Å². The number of rotatable bonds is 7. The number of alkyl halides is 3. The Morgan fingerprint density at radius 2 is 1.96 bits per heavy atom. The van der Waals surface area contributed by atoms with Gasteiger partial charge in [-0.05, 0) is 24.3 Å². The molecule has 2 rings (SSSR count). The standard InChI is InChI=1S/C17H24F3N3OS/c1-2-3-11-25-12-5-16(24)23-9-7-22(8-10-23)15-13-14(4-6-21-15)17(18,19)20/h4,6,13H,2-3,5,7-12H2,1H3. The van der Waals surface area contributed by atoms with Crippen molar-refractivity contribution >= 4 is 23.5 Å². The van der Waals surface area contributed by atoms with Crippen LogP contribution < -0.4 is 4.90 Å². The lowest BCUT2D eigenvalue weighted by Gasteiger charge is -2.35. The highest BCUT2D eigenvalue weighted by molar-refractivity contribution is 7.99. The van der Waals surface area contributed by atoms with Gasteiger partial charge in [0.1, 0.15) is 5.82 Å². The molecular formula is C17H24F3N3OS. The fourth-order valence-corrected chi connectivity index (χ4v) is 3.63. The molecule has 0 bridgehead atoms. The summed E-state index contributed by atoms with van der Waals surface area (Å²) in [6.45, 7) is 4.20. The Bertz CT molecular complexity index is 560. The highest BCUT2D eigenvalue weighted by atomic mass is 32.2. The molecule has 2 heterocycles. The molecule has 1 aromatic heterocycles. The number of thioether (sulfide) groups is 1. The van der Waals surface area contributed by atoms with Crippen LogP contribution in [0.1, 0.15) is 31.7 Å². The first-order chi connectivity index (χ1) is 11.9. The lowest BCUT2D eigenvalue weighted by Crippen LogP contribution is -2.49. The maximum Gasteiger partial charge on any atom is 0.416 e. The minimum absolute atomic E-state index is 0.126. The third kappa shape index (κ3) is 6.09. The first-order valence-electron chi connectivity index (χ1n) is 8.55. The zero-order valence-corrected chi connectivity index (χ0v) is 15.2. The lowest BCUT2D eigenvalue weighted by molar-refractivity contribution is -0.137. The summed E-state index contributed by atoms with van der Waals surface area (Å²) in [7, 11) is 0. The summed E-state index contributed by atoms with van der Waals surface area (Å²) in [6.07, 6.45) is -0.335. The van der Waals surface area contributed by atoms with Gasteiger partial charge in [0.2, 0.25) is 5.91 Å². The molecule has 0 aliphatic carbocycles. The number of nitrogens with zero attached hydrogens (tertiary/aromatic N) is 3. The van der Waals surface area contributed by atoms with E-state index in [1.165, 1.54) is 12.6 Å². The normalized spacial score (nSPS) is 15.5. The predicted molar refractivity (Wildman–Crippen MR) is 94.9 cm³/mol. The van der Waals surface area contributed by atoms with Crippen LogP contribution in [0, 0.1) is 0 Å². The molecule has 0 radical (unpaired) electrons. The van der Waals surface area contributed by atoms with Crippen molar-refractivity contribution in [3.63, 3.8) is 0 Å². The van der Waals surface area contributed by atoms with E-state index in [1.807, 2.05) is 0 Å². The van der Waals surface area contributed by atoms with Crippen LogP contribution in [0.2, 0.25) is 0 Å². The van der Waals surface area contributed by atoms with Gasteiger partial charge in [-0.2, -0.15) is 24.9 Å². The summed E-state index contributed by atoms with van der Waals surface area (Å²) in [5.74, 6) is 2.35. The van der Waals surface area contributed by atoms with Crippen LogP contribution in [-0.4, -0.2) is 53.5 Å². The van der Waals surface area contributed by atoms with Crippen molar-refractivity contribution in [3.05, 3.63) is 23.9 Å². The molecule has 0 atom stereocenters. The molecule has 0 saturated carbocycles. The Morgan fingerprint density at radius 3 is 2.60 bits per heavy atom. The molecule has 1 aromatic rings. The van der Waals surface area contributed by atoms with Crippen molar-refractivity contribution in [2.75, 3.05) is 42.6 Å². The number of anilines is 1. The third-order valence-electron chi connectivity index (χ3n) is 4.13. The molecule has 0 unspecified atom stereocenters. The molecule has 0 spiro atoms. The van der Waals surface area contributed by atoms with Gasteiger partial charge in [0.05, 0.1) is 5.56 Å². The fraction of sp³-hybridized carbons (Fsp3) is 0.647. The van der Waals surface area contributed by atoms with Gasteiger partial charge in [-0.25, -0.2) is 4.98 Å². The van der Waals surface area contributed by atoms with E-state index in [1.54, 1.807) is 21.6 Å². The highest BCUT2D eigenvalue weighted by Gasteiger charge is 2.31. The molecule has 1 saturated heterocycles. The molecular weight excluding hydrogens is 351 g/mol. The van der Waals surface area contributed by atoms with Gasteiger partial charge in [0, 0.05) is 44.5 Å². The maximum atomic E-state index is 12.8. The number of amides is 1. The first-order valence-corrected chi connectivity index (χ1v) is 9.71. The van der Waals surface area contributed by atoms with Crippen molar-refractivity contribution in [1.29, 1.82) is 0 Å². The smallest absolute Gasteiger partial charge is 0.353 e. The summed E-state index contributed by atoms with van der Waals surface area (Å²) < 4.78 is 38.4. The van der Waals surface area contributed by atoms with Crippen LogP contribution in [0.4, 0.5) is 19.0 Å². The van der Waals surface area contributed by atoms with E-state index in [0.717, 1.165) is 30.1 Å². The Balaban J connectivity index is 1.80. The number of hydrogen-bond donors (Lipinski definition) is 0. The van der Waals surface area contributed by atoms with Crippen LogP contribution in [0.25, 0.3) is 0 Å². The third-order valence-corrected chi connectivity index (χ3v) is 5.20. The maximum absolute atomic E-state index is 12.8. The Labute approximate surface area is 150 Å². The number of aromatic nitrogens is 1. The molecule has 1 fully saturated rings. The van der Waals surface area contributed by atoms with Crippen LogP contribution in [0.3, 0.4) is 0 Å². The van der Waals surface area contributed by atoms with Gasteiger partial charge in [-0.15, -0.1) is 0 Å². The topological polar surface area (TPSA) is 36.4 Å². The molecule has 0 N–H and O–H groups in total. The van der Waals surface area contributed by atoms with Crippen LogP contribution in [-0.2, 0) is 11.0 Å². The van der Waals surface area contributed by atoms with Gasteiger partial charge >= 0.3 is 6.18 Å². The van der Waals surface area contributed by atoms with E-state index in [0.29, 0.717) is 38.4 Å². The first kappa shape index (κ1) is 19.9. The van der Waals surface area contributed by atoms with E-state index < -0.39 is 11.7 Å². The molecule has 4 nitrogen and oxygen atoms in total. The quantitative estimate of drug-likeness (QED) is 0.682. The van der Waals surface area contributed by atoms with Crippen molar-refractivity contribution in [3.8, 4) is 0 Å². The van der Waals surface area contributed by atoms with Gasteiger partial charge < -0.3 is 9.80 Å². The summed E-state index contributed by atoms with van der Waals surface area (Å²) in [6, 6.07) is 2.04. The number of carbonyl (C=O) groups is 1. The number of hydrogen-bond acceptors (Lipinski definition) is 4. The van der Waals surface area contributed by atoms with Crippen molar-refractivity contribution in [2.45, 2.75) is 32.4 Å². The molecule has 25 heavy (non-hydrogen) atoms. The van der Waals surface area contributed by atoms with Crippen molar-refractivity contribution in [1.82, 2.24) is 9.88 Å². The SMILES string of the molecule is CCCCSCCC(=O)N1CCN(c2cc(C(F)(F)F)ccn2)CC1. The predicted octanol–water partition coefficient (Wildman–Crippen LogP) is 3.67. The van der Waals surface area contributed by atoms with Gasteiger partial charge in [-0.1, -0.05) is 13.3 Å². The van der Waals surface area contributed by atoms with Gasteiger partial charge in [0.15, 0.2) is 0 Å². The average molecular weight is 375 g/mol. The van der Waals surface area contributed by atoms with E-state index in [-0.39, 0.29) is 5.91 Å². The minimum Gasteiger partial charge on any atom is -0.353 e. The zero-order valence-electron chi connectivity index (χ0n) is 14.4. The van der Waals surface area contributed by atoms with Gasteiger partial charge in [0.25, 0.3) is 0 Å². The fourth-order valence-electron chi connectivity index (χ4n) is 2.62. The van der Waals surface area contributed by atoms with Crippen molar-refractivity contribution in [2.24, 2.45) is 0 Å². The Hall–Kier alpha value is -1.44. The largest absolute Gasteiger partial charge is 0.416 e. The number of halogens is 3. The molecule has 140 valence electrons. The molecule has 1 amide bonds. The summed E-state index contributed by atoms with van der Waals surface area (Å²) in [4.78, 5) is 19.8. The van der Waals surface area contributed by atoms with Gasteiger partial charge in [-0.3, -0.25) is 4.79 Å². The van der Waals surface area contributed by atoms with Crippen LogP contribution in [0.15, 0.2) is 18.3 Å². The summed E-state index contributed by atoms with van der Waals surface area (Å²) in [5.41, 5.74) is -0.694. The molecule has 1 aliphatic heterocycles. The number of pyridine rings is 1. The van der Waals surface area contributed by atoms with Crippen LogP contribution >= 0.6 is 11.8 Å². The highest BCUT2D eigenvalue weighted by Crippen LogP contribution is 2.30. The molecule has 1 aliphatic rings. The van der Waals surface area contributed by atoms with Crippen LogP contribution in [0.5, 0.6) is 0 Å². The monoisotopic (exact) mass is 375 g/mol. The molecule has 8 heteroatoms. The lowest BCUT2D eigenvalue weighted by atomic mass is 10.2. The number of piperazine rings is 1. The van der Waals surface area contributed by atoms with E-state index in [9.17, 15) is 18.0 Å². The van der Waals surface area contributed by atoms with E-state index >= 15 is 0 Å². The summed E-state index contributed by atoms with van der Waals surface area (Å²) in [5, 5.41) is 0.